The second-order valence-corrected chi connectivity index (χ2v) is 7.31. The number of hydrogen-bond donors (Lipinski definition) is 6. The highest BCUT2D eigenvalue weighted by Gasteiger charge is 2.04. The van der Waals surface area contributed by atoms with Gasteiger partial charge in [0.25, 0.3) is 0 Å². The molecular weight excluding hydrogens is 392 g/mol. The number of aromatic nitrogens is 1. The van der Waals surface area contributed by atoms with E-state index >= 15 is 0 Å². The van der Waals surface area contributed by atoms with Gasteiger partial charge < -0.3 is 28.0 Å². The van der Waals surface area contributed by atoms with Gasteiger partial charge in [0.1, 0.15) is 5.84 Å². The lowest BCUT2D eigenvalue weighted by molar-refractivity contribution is -0.135. The molecule has 0 saturated carbocycles. The summed E-state index contributed by atoms with van der Waals surface area (Å²) < 4.78 is 24.5. The Morgan fingerprint density at radius 1 is 1.36 bits per heavy atom. The third-order valence-electron chi connectivity index (χ3n) is 1.94. The number of thioether (sulfide) groups is 1. The summed E-state index contributed by atoms with van der Waals surface area (Å²) in [4.78, 5) is 17.3. The second-order valence-electron chi connectivity index (χ2n) is 4.16. The summed E-state index contributed by atoms with van der Waals surface area (Å²) in [6, 6.07) is 0. The fraction of sp³-hybridized carbons (Fsp3) is 0.400. The molecule has 0 spiro atoms. The molecule has 0 radical (unpaired) electrons. The Balaban J connectivity index is 0.00000101. The van der Waals surface area contributed by atoms with Gasteiger partial charge in [0, 0.05) is 23.3 Å². The van der Waals surface area contributed by atoms with Crippen LogP contribution in [0.5, 0.6) is 0 Å². The van der Waals surface area contributed by atoms with Crippen molar-refractivity contribution in [3.05, 3.63) is 11.1 Å². The van der Waals surface area contributed by atoms with Crippen molar-refractivity contribution < 1.29 is 18.3 Å². The molecule has 142 valence electrons. The quantitative estimate of drug-likeness (QED) is 0.160. The number of amidine groups is 1. The van der Waals surface area contributed by atoms with E-state index in [4.69, 9.17) is 27.4 Å². The zero-order valence-electron chi connectivity index (χ0n) is 13.0. The van der Waals surface area contributed by atoms with Crippen molar-refractivity contribution in [1.29, 1.82) is 0 Å². The Bertz CT molecular complexity index is 711. The lowest BCUT2D eigenvalue weighted by Crippen LogP contribution is -2.21. The van der Waals surface area contributed by atoms with Crippen molar-refractivity contribution in [3.8, 4) is 0 Å². The van der Waals surface area contributed by atoms with E-state index in [1.807, 2.05) is 5.38 Å². The molecule has 11 N–H and O–H groups in total. The normalized spacial score (nSPS) is 11.4. The predicted molar refractivity (Wildman–Crippen MR) is 99.8 cm³/mol. The molecule has 1 heterocycles. The highest BCUT2D eigenvalue weighted by atomic mass is 32.2. The molecular formula is C10H20N8O4S3. The Morgan fingerprint density at radius 3 is 2.44 bits per heavy atom. The average molecular weight is 413 g/mol. The zero-order valence-corrected chi connectivity index (χ0v) is 15.5. The van der Waals surface area contributed by atoms with Gasteiger partial charge in [-0.25, -0.2) is 10.1 Å². The lowest BCUT2D eigenvalue weighted by Gasteiger charge is -1.99. The second kappa shape index (κ2) is 11.6. The van der Waals surface area contributed by atoms with Gasteiger partial charge in [0.2, 0.25) is 5.13 Å². The average Bonchev–Trinajstić information content (AvgIpc) is 2.89. The van der Waals surface area contributed by atoms with E-state index in [9.17, 15) is 13.2 Å². The van der Waals surface area contributed by atoms with E-state index in [-0.39, 0.29) is 18.3 Å². The zero-order chi connectivity index (χ0) is 19.5. The van der Waals surface area contributed by atoms with Gasteiger partial charge in [0.15, 0.2) is 5.96 Å². The smallest absolute Gasteiger partial charge is 0.318 e. The first-order valence-corrected chi connectivity index (χ1v) is 9.98. The Morgan fingerprint density at radius 2 is 1.96 bits per heavy atom. The van der Waals surface area contributed by atoms with E-state index in [2.05, 4.69) is 20.1 Å². The number of nitrogens with zero attached hydrogens (tertiary/aromatic N) is 3. The van der Waals surface area contributed by atoms with E-state index in [1.165, 1.54) is 23.1 Å². The van der Waals surface area contributed by atoms with Crippen LogP contribution in [-0.2, 0) is 20.8 Å². The topological polar surface area (TPSA) is 239 Å². The number of carboxylic acids is 1. The molecule has 0 saturated heterocycles. The maximum atomic E-state index is 10.6. The first kappa shape index (κ1) is 23.1. The van der Waals surface area contributed by atoms with Gasteiger partial charge in [-0.3, -0.25) is 4.79 Å². The number of guanidine groups is 1. The molecule has 0 bridgehead atoms. The summed E-state index contributed by atoms with van der Waals surface area (Å²) in [5.74, 6) is 0.217. The molecule has 1 rings (SSSR count). The molecule has 0 atom stereocenters. The highest BCUT2D eigenvalue weighted by molar-refractivity contribution is 7.98. The van der Waals surface area contributed by atoms with Crippen molar-refractivity contribution in [2.24, 2.45) is 37.5 Å². The number of carbonyl (C=O) groups is 1. The van der Waals surface area contributed by atoms with Crippen LogP contribution in [0.15, 0.2) is 14.8 Å². The third-order valence-corrected chi connectivity index (χ3v) is 4.20. The van der Waals surface area contributed by atoms with E-state index in [1.54, 1.807) is 0 Å². The molecule has 0 amide bonds. The Labute approximate surface area is 152 Å². The number of carboxylic acid groups (broad SMARTS) is 1. The summed E-state index contributed by atoms with van der Waals surface area (Å²) in [7, 11) is -3.92. The number of aliphatic carboxylic acids is 1. The maximum Gasteiger partial charge on any atom is 0.318 e. The van der Waals surface area contributed by atoms with Crippen molar-refractivity contribution in [2.45, 2.75) is 12.2 Å². The van der Waals surface area contributed by atoms with Gasteiger partial charge in [-0.1, -0.05) is 0 Å². The van der Waals surface area contributed by atoms with Gasteiger partial charge in [-0.15, -0.1) is 15.7 Å². The van der Waals surface area contributed by atoms with Gasteiger partial charge in [-0.05, 0) is 0 Å². The molecule has 15 heteroatoms. The lowest BCUT2D eigenvalue weighted by atomic mass is 10.5. The first-order chi connectivity index (χ1) is 11.5. The molecule has 0 aliphatic carbocycles. The number of thiazole rings is 1. The molecule has 1 aromatic rings. The van der Waals surface area contributed by atoms with Crippen LogP contribution in [0, 0.1) is 0 Å². The summed E-state index contributed by atoms with van der Waals surface area (Å²) in [6.07, 6.45) is 0.325. The third kappa shape index (κ3) is 14.1. The van der Waals surface area contributed by atoms with Crippen molar-refractivity contribution in [2.75, 3.05) is 12.3 Å². The predicted octanol–water partition coefficient (Wildman–Crippen LogP) is -1.74. The summed E-state index contributed by atoms with van der Waals surface area (Å²) in [5.41, 5.74) is 21.3. The molecule has 25 heavy (non-hydrogen) atoms. The minimum atomic E-state index is -3.92. The van der Waals surface area contributed by atoms with Crippen LogP contribution < -0.4 is 28.1 Å². The van der Waals surface area contributed by atoms with Gasteiger partial charge in [0.05, 0.1) is 12.2 Å². The van der Waals surface area contributed by atoms with Crippen LogP contribution in [0.4, 0.5) is 5.13 Å². The van der Waals surface area contributed by atoms with E-state index in [0.29, 0.717) is 23.1 Å². The van der Waals surface area contributed by atoms with Crippen LogP contribution in [0.25, 0.3) is 0 Å². The van der Waals surface area contributed by atoms with Crippen molar-refractivity contribution in [3.63, 3.8) is 0 Å². The van der Waals surface area contributed by atoms with Crippen molar-refractivity contribution >= 4 is 56.2 Å². The largest absolute Gasteiger partial charge is 0.480 e. The van der Waals surface area contributed by atoms with E-state index in [0.717, 1.165) is 5.69 Å². The van der Waals surface area contributed by atoms with Crippen LogP contribution in [0.2, 0.25) is 0 Å². The first-order valence-electron chi connectivity index (χ1n) is 6.44. The van der Waals surface area contributed by atoms with Crippen LogP contribution in [0.3, 0.4) is 0 Å². The number of nitrogens with two attached hydrogens (primary N) is 5. The fourth-order valence-electron chi connectivity index (χ4n) is 1.09. The summed E-state index contributed by atoms with van der Waals surface area (Å²) in [6.45, 7) is -0.278. The Hall–Kier alpha value is -1.94. The standard InChI is InChI=1S/C8H15N7O2S3.C2H5NO2/c9-6(15-20(12,16)17)1-2-18-3-5-4-19-8(13-5)14-7(10)11;3-1-2(4)5/h4H,1-3H2,(H2,9,15)(H2,12,16,17)(H4,10,11,13,14);1,3H2,(H,4,5). The molecule has 0 aromatic carbocycles. The van der Waals surface area contributed by atoms with Crippen LogP contribution in [0.1, 0.15) is 12.1 Å². The van der Waals surface area contributed by atoms with E-state index < -0.39 is 16.2 Å². The molecule has 0 aliphatic rings. The van der Waals surface area contributed by atoms with Gasteiger partial charge in [-0.2, -0.15) is 25.2 Å². The summed E-state index contributed by atoms with van der Waals surface area (Å²) in [5, 5.41) is 14.7. The van der Waals surface area contributed by atoms with Crippen LogP contribution >= 0.6 is 23.1 Å². The van der Waals surface area contributed by atoms with Gasteiger partial charge >= 0.3 is 16.2 Å². The minimum Gasteiger partial charge on any atom is -0.480 e. The summed E-state index contributed by atoms with van der Waals surface area (Å²) >= 11 is 2.86. The van der Waals surface area contributed by atoms with Crippen LogP contribution in [-0.4, -0.2) is 48.6 Å². The number of hydrogen-bond acceptors (Lipinski definition) is 8. The minimum absolute atomic E-state index is 0.0144. The fourth-order valence-corrected chi connectivity index (χ4v) is 3.17. The number of rotatable bonds is 8. The molecule has 0 fully saturated rings. The SMILES string of the molecule is NC(N)=Nc1nc(CSCCC(N)=NS(N)(=O)=O)cs1.NCC(=O)O. The van der Waals surface area contributed by atoms with Crippen molar-refractivity contribution in [1.82, 2.24) is 4.98 Å². The maximum absolute atomic E-state index is 10.6. The number of aliphatic imine (C=N–C) groups is 1. The molecule has 0 unspecified atom stereocenters. The monoisotopic (exact) mass is 412 g/mol. The molecule has 1 aromatic heterocycles. The highest BCUT2D eigenvalue weighted by Crippen LogP contribution is 2.21. The molecule has 12 nitrogen and oxygen atoms in total. The Kier molecular flexibility index (Phi) is 10.7. The molecule has 0 aliphatic heterocycles.